The number of piperidine rings is 2. The fourth-order valence-electron chi connectivity index (χ4n) is 3.06. The van der Waals surface area contributed by atoms with Crippen molar-refractivity contribution in [3.63, 3.8) is 0 Å². The van der Waals surface area contributed by atoms with Crippen LogP contribution in [-0.2, 0) is 14.3 Å². The molecule has 23 heavy (non-hydrogen) atoms. The van der Waals surface area contributed by atoms with Gasteiger partial charge in [0.2, 0.25) is 11.8 Å². The maximum atomic E-state index is 11.7. The molecule has 0 aromatic carbocycles. The Bertz CT molecular complexity index is 368. The molecule has 7 heteroatoms. The van der Waals surface area contributed by atoms with Gasteiger partial charge in [-0.1, -0.05) is 0 Å². The molecule has 0 radical (unpaired) electrons. The number of amides is 2. The van der Waals surface area contributed by atoms with E-state index < -0.39 is 12.2 Å². The normalized spacial score (nSPS) is 22.3. The Balaban J connectivity index is 1.59. The van der Waals surface area contributed by atoms with Crippen LogP contribution in [0.1, 0.15) is 38.5 Å². The van der Waals surface area contributed by atoms with Gasteiger partial charge in [0.05, 0.1) is 25.4 Å². The zero-order chi connectivity index (χ0) is 16.7. The number of carbonyl (C=O) groups is 2. The quantitative estimate of drug-likeness (QED) is 0.641. The van der Waals surface area contributed by atoms with Crippen molar-refractivity contribution in [1.82, 2.24) is 9.80 Å². The second kappa shape index (κ2) is 9.20. The van der Waals surface area contributed by atoms with Crippen LogP contribution in [0.3, 0.4) is 0 Å². The summed E-state index contributed by atoms with van der Waals surface area (Å²) in [5.74, 6) is 0.165. The number of ether oxygens (including phenoxy) is 1. The molecule has 7 nitrogen and oxygen atoms in total. The fraction of sp³-hybridized carbons (Fsp3) is 0.875. The number of hydrogen-bond acceptors (Lipinski definition) is 5. The third kappa shape index (κ3) is 6.08. The number of aliphatic hydroxyl groups excluding tert-OH is 2. The van der Waals surface area contributed by atoms with Crippen molar-refractivity contribution < 1.29 is 24.5 Å². The average molecular weight is 328 g/mol. The van der Waals surface area contributed by atoms with Gasteiger partial charge in [0.1, 0.15) is 0 Å². The maximum Gasteiger partial charge on any atom is 0.222 e. The van der Waals surface area contributed by atoms with E-state index in [1.807, 2.05) is 0 Å². The second-order valence-electron chi connectivity index (χ2n) is 6.44. The Labute approximate surface area is 137 Å². The molecular formula is C16H28N2O5. The van der Waals surface area contributed by atoms with Crippen LogP contribution in [-0.4, -0.2) is 83.4 Å². The summed E-state index contributed by atoms with van der Waals surface area (Å²) >= 11 is 0. The number of hydrogen-bond donors (Lipinski definition) is 2. The third-order valence-electron chi connectivity index (χ3n) is 4.33. The Morgan fingerprint density at radius 1 is 0.826 bits per heavy atom. The van der Waals surface area contributed by atoms with Crippen LogP contribution in [0.15, 0.2) is 0 Å². The molecule has 2 heterocycles. The predicted molar refractivity (Wildman–Crippen MR) is 83.7 cm³/mol. The van der Waals surface area contributed by atoms with Crippen molar-refractivity contribution in [2.24, 2.45) is 0 Å². The first-order valence-corrected chi connectivity index (χ1v) is 8.55. The minimum Gasteiger partial charge on any atom is -0.389 e. The lowest BCUT2D eigenvalue weighted by molar-refractivity contribution is -0.135. The molecule has 2 fully saturated rings. The summed E-state index contributed by atoms with van der Waals surface area (Å²) < 4.78 is 5.33. The Morgan fingerprint density at radius 2 is 1.26 bits per heavy atom. The number of nitrogens with zero attached hydrogens (tertiary/aromatic N) is 2. The van der Waals surface area contributed by atoms with Gasteiger partial charge in [-0.2, -0.15) is 0 Å². The molecule has 2 aliphatic heterocycles. The lowest BCUT2D eigenvalue weighted by atomic mass is 10.1. The van der Waals surface area contributed by atoms with Gasteiger partial charge in [-0.3, -0.25) is 9.59 Å². The van der Waals surface area contributed by atoms with Crippen molar-refractivity contribution in [3.05, 3.63) is 0 Å². The largest absolute Gasteiger partial charge is 0.389 e. The van der Waals surface area contributed by atoms with Gasteiger partial charge in [-0.25, -0.2) is 0 Å². The number of rotatable bonds is 8. The van der Waals surface area contributed by atoms with Crippen LogP contribution in [0.4, 0.5) is 0 Å². The molecule has 0 saturated carbocycles. The fourth-order valence-corrected chi connectivity index (χ4v) is 3.06. The van der Waals surface area contributed by atoms with Crippen LogP contribution in [0.5, 0.6) is 0 Å². The van der Waals surface area contributed by atoms with Crippen molar-refractivity contribution in [2.45, 2.75) is 50.7 Å². The standard InChI is InChI=1S/C16H28N2O5/c19-13(9-17-7-3-1-5-15(17)21)11-23-12-14(20)10-18-8-4-2-6-16(18)22/h13-14,19-20H,1-12H2. The predicted octanol–water partition coefficient (Wildman–Crippen LogP) is -0.250. The molecule has 2 N–H and O–H groups in total. The van der Waals surface area contributed by atoms with Crippen LogP contribution in [0.2, 0.25) is 0 Å². The first kappa shape index (κ1) is 18.2. The molecule has 0 aromatic rings. The van der Waals surface area contributed by atoms with E-state index in [0.29, 0.717) is 25.9 Å². The smallest absolute Gasteiger partial charge is 0.222 e. The zero-order valence-electron chi connectivity index (χ0n) is 13.7. The lowest BCUT2D eigenvalue weighted by Gasteiger charge is -2.29. The Hall–Kier alpha value is -1.18. The highest BCUT2D eigenvalue weighted by Gasteiger charge is 2.22. The molecule has 0 aromatic heterocycles. The Morgan fingerprint density at radius 3 is 1.65 bits per heavy atom. The van der Waals surface area contributed by atoms with Crippen molar-refractivity contribution in [2.75, 3.05) is 39.4 Å². The summed E-state index contributed by atoms with van der Waals surface area (Å²) in [6.45, 7) is 2.09. The van der Waals surface area contributed by atoms with E-state index in [4.69, 9.17) is 4.74 Å². The number of likely N-dealkylation sites (tertiary alicyclic amines) is 2. The van der Waals surface area contributed by atoms with Gasteiger partial charge >= 0.3 is 0 Å². The van der Waals surface area contributed by atoms with Crippen molar-refractivity contribution >= 4 is 11.8 Å². The van der Waals surface area contributed by atoms with Gasteiger partial charge in [0.15, 0.2) is 0 Å². The molecule has 0 bridgehead atoms. The highest BCUT2D eigenvalue weighted by Crippen LogP contribution is 2.12. The van der Waals surface area contributed by atoms with Gasteiger partial charge in [0, 0.05) is 39.0 Å². The van der Waals surface area contributed by atoms with Crippen LogP contribution in [0.25, 0.3) is 0 Å². The second-order valence-corrected chi connectivity index (χ2v) is 6.44. The Kier molecular flexibility index (Phi) is 7.26. The van der Waals surface area contributed by atoms with Gasteiger partial charge in [-0.05, 0) is 25.7 Å². The summed E-state index contributed by atoms with van der Waals surface area (Å²) in [6.07, 6.45) is 3.39. The minimum atomic E-state index is -0.749. The van der Waals surface area contributed by atoms with Gasteiger partial charge in [0.25, 0.3) is 0 Å². The molecular weight excluding hydrogens is 300 g/mol. The molecule has 2 saturated heterocycles. The summed E-state index contributed by atoms with van der Waals surface area (Å²) in [4.78, 5) is 26.7. The molecule has 2 amide bonds. The molecule has 2 unspecified atom stereocenters. The van der Waals surface area contributed by atoms with Crippen LogP contribution >= 0.6 is 0 Å². The maximum absolute atomic E-state index is 11.7. The first-order chi connectivity index (χ1) is 11.1. The summed E-state index contributed by atoms with van der Waals surface area (Å²) in [7, 11) is 0. The minimum absolute atomic E-state index is 0.0782. The molecule has 2 rings (SSSR count). The zero-order valence-corrected chi connectivity index (χ0v) is 13.7. The topological polar surface area (TPSA) is 90.3 Å². The summed E-state index contributed by atoms with van der Waals surface area (Å²) in [5.41, 5.74) is 0. The molecule has 132 valence electrons. The third-order valence-corrected chi connectivity index (χ3v) is 4.33. The molecule has 0 spiro atoms. The van der Waals surface area contributed by atoms with E-state index in [2.05, 4.69) is 0 Å². The van der Waals surface area contributed by atoms with Gasteiger partial charge < -0.3 is 24.7 Å². The summed E-state index contributed by atoms with van der Waals surface area (Å²) in [5, 5.41) is 19.9. The van der Waals surface area contributed by atoms with Crippen LogP contribution < -0.4 is 0 Å². The molecule has 0 aliphatic carbocycles. The van der Waals surface area contributed by atoms with Crippen molar-refractivity contribution in [3.8, 4) is 0 Å². The van der Waals surface area contributed by atoms with Gasteiger partial charge in [-0.15, -0.1) is 0 Å². The summed E-state index contributed by atoms with van der Waals surface area (Å²) in [6, 6.07) is 0. The van der Waals surface area contributed by atoms with E-state index >= 15 is 0 Å². The molecule has 2 atom stereocenters. The monoisotopic (exact) mass is 328 g/mol. The SMILES string of the molecule is O=C1CCCCN1CC(O)COCC(O)CN1CCCCC1=O. The lowest BCUT2D eigenvalue weighted by Crippen LogP contribution is -2.43. The van der Waals surface area contributed by atoms with E-state index in [9.17, 15) is 19.8 Å². The van der Waals surface area contributed by atoms with E-state index in [0.717, 1.165) is 25.7 Å². The van der Waals surface area contributed by atoms with E-state index in [1.54, 1.807) is 9.80 Å². The van der Waals surface area contributed by atoms with Crippen molar-refractivity contribution in [1.29, 1.82) is 0 Å². The highest BCUT2D eigenvalue weighted by molar-refractivity contribution is 5.77. The number of aliphatic hydroxyl groups is 2. The molecule has 2 aliphatic rings. The average Bonchev–Trinajstić information content (AvgIpc) is 2.52. The van der Waals surface area contributed by atoms with E-state index in [1.165, 1.54) is 0 Å². The number of β-amino-alcohol motifs (C(OH)–C–C–N with tert-alkyl or cyclic N) is 2. The highest BCUT2D eigenvalue weighted by atomic mass is 16.5. The number of carbonyl (C=O) groups excluding carboxylic acids is 2. The first-order valence-electron chi connectivity index (χ1n) is 8.55. The van der Waals surface area contributed by atoms with Crippen LogP contribution in [0, 0.1) is 0 Å². The van der Waals surface area contributed by atoms with E-state index in [-0.39, 0.29) is 38.1 Å².